The van der Waals surface area contributed by atoms with Gasteiger partial charge in [-0.2, -0.15) is 0 Å². The van der Waals surface area contributed by atoms with E-state index in [0.717, 1.165) is 12.1 Å². The van der Waals surface area contributed by atoms with Crippen LogP contribution < -0.4 is 15.4 Å². The molecule has 5 heteroatoms. The number of benzene rings is 1. The van der Waals surface area contributed by atoms with E-state index < -0.39 is 0 Å². The van der Waals surface area contributed by atoms with Gasteiger partial charge >= 0.3 is 0 Å². The molecule has 0 aliphatic rings. The predicted octanol–water partition coefficient (Wildman–Crippen LogP) is 3.84. The van der Waals surface area contributed by atoms with Gasteiger partial charge in [-0.05, 0) is 37.2 Å². The lowest BCUT2D eigenvalue weighted by Gasteiger charge is -2.20. The molecule has 0 amide bonds. The molecule has 0 radical (unpaired) electrons. The van der Waals surface area contributed by atoms with Crippen LogP contribution in [0, 0.1) is 6.92 Å². The van der Waals surface area contributed by atoms with Gasteiger partial charge in [-0.25, -0.2) is 4.98 Å². The number of anilines is 1. The van der Waals surface area contributed by atoms with Crippen molar-refractivity contribution in [3.8, 4) is 5.88 Å². The molecule has 1 aromatic carbocycles. The Morgan fingerprint density at radius 2 is 1.95 bits per heavy atom. The SMILES string of the molecule is CC[C@H](NC(=S)Nc1ccc(OC)nc1)c1ccc(C)cc1. The maximum atomic E-state index is 5.38. The molecule has 116 valence electrons. The summed E-state index contributed by atoms with van der Waals surface area (Å²) >= 11 is 5.38. The number of aryl methyl sites for hydroxylation is 1. The first kappa shape index (κ1) is 16.2. The van der Waals surface area contributed by atoms with Crippen LogP contribution in [-0.4, -0.2) is 17.2 Å². The van der Waals surface area contributed by atoms with Crippen LogP contribution >= 0.6 is 12.2 Å². The number of methoxy groups -OCH3 is 1. The molecule has 0 aliphatic heterocycles. The molecule has 2 aromatic rings. The van der Waals surface area contributed by atoms with Gasteiger partial charge in [-0.3, -0.25) is 0 Å². The summed E-state index contributed by atoms with van der Waals surface area (Å²) in [7, 11) is 1.59. The summed E-state index contributed by atoms with van der Waals surface area (Å²) < 4.78 is 5.04. The van der Waals surface area contributed by atoms with Crippen LogP contribution in [0.1, 0.15) is 30.5 Å². The molecule has 1 heterocycles. The lowest BCUT2D eigenvalue weighted by Crippen LogP contribution is -2.32. The predicted molar refractivity (Wildman–Crippen MR) is 94.4 cm³/mol. The number of ether oxygens (including phenoxy) is 1. The molecule has 0 fully saturated rings. The van der Waals surface area contributed by atoms with Crippen LogP contribution in [0.15, 0.2) is 42.6 Å². The number of hydrogen-bond donors (Lipinski definition) is 2. The Morgan fingerprint density at radius 3 is 2.50 bits per heavy atom. The van der Waals surface area contributed by atoms with E-state index in [9.17, 15) is 0 Å². The molecule has 22 heavy (non-hydrogen) atoms. The van der Waals surface area contributed by atoms with Crippen LogP contribution in [0.25, 0.3) is 0 Å². The van der Waals surface area contributed by atoms with Crippen molar-refractivity contribution in [1.29, 1.82) is 0 Å². The van der Waals surface area contributed by atoms with E-state index in [4.69, 9.17) is 17.0 Å². The molecule has 0 unspecified atom stereocenters. The molecule has 1 atom stereocenters. The molecule has 1 aromatic heterocycles. The molecule has 2 N–H and O–H groups in total. The second-order valence-corrected chi connectivity index (χ2v) is 5.47. The molecule has 2 rings (SSSR count). The minimum Gasteiger partial charge on any atom is -0.481 e. The van der Waals surface area contributed by atoms with Gasteiger partial charge in [0.15, 0.2) is 5.11 Å². The average molecular weight is 315 g/mol. The fourth-order valence-corrected chi connectivity index (χ4v) is 2.38. The van der Waals surface area contributed by atoms with E-state index in [1.165, 1.54) is 11.1 Å². The summed E-state index contributed by atoms with van der Waals surface area (Å²) in [4.78, 5) is 4.15. The van der Waals surface area contributed by atoms with Gasteiger partial charge in [0.2, 0.25) is 5.88 Å². The molecule has 0 aliphatic carbocycles. The lowest BCUT2D eigenvalue weighted by molar-refractivity contribution is 0.398. The highest BCUT2D eigenvalue weighted by Crippen LogP contribution is 2.18. The number of nitrogens with zero attached hydrogens (tertiary/aromatic N) is 1. The quantitative estimate of drug-likeness (QED) is 0.821. The zero-order valence-electron chi connectivity index (χ0n) is 13.1. The van der Waals surface area contributed by atoms with Crippen LogP contribution in [0.2, 0.25) is 0 Å². The third-order valence-corrected chi connectivity index (χ3v) is 3.62. The highest BCUT2D eigenvalue weighted by molar-refractivity contribution is 7.80. The molecule has 0 spiro atoms. The summed E-state index contributed by atoms with van der Waals surface area (Å²) in [6.45, 7) is 4.22. The fraction of sp³-hybridized carbons (Fsp3) is 0.294. The first-order valence-electron chi connectivity index (χ1n) is 7.26. The van der Waals surface area contributed by atoms with Crippen molar-refractivity contribution in [2.75, 3.05) is 12.4 Å². The van der Waals surface area contributed by atoms with E-state index in [2.05, 4.69) is 53.7 Å². The van der Waals surface area contributed by atoms with Crippen molar-refractivity contribution in [2.24, 2.45) is 0 Å². The second kappa shape index (κ2) is 7.75. The number of aromatic nitrogens is 1. The minimum absolute atomic E-state index is 0.187. The van der Waals surface area contributed by atoms with Gasteiger partial charge in [-0.1, -0.05) is 36.8 Å². The largest absolute Gasteiger partial charge is 0.481 e. The average Bonchev–Trinajstić information content (AvgIpc) is 2.54. The van der Waals surface area contributed by atoms with Gasteiger partial charge in [0.1, 0.15) is 0 Å². The summed E-state index contributed by atoms with van der Waals surface area (Å²) in [5, 5.41) is 7.07. The Balaban J connectivity index is 1.98. The summed E-state index contributed by atoms with van der Waals surface area (Å²) in [5.74, 6) is 0.579. The van der Waals surface area contributed by atoms with Gasteiger partial charge in [0.25, 0.3) is 0 Å². The van der Waals surface area contributed by atoms with Crippen molar-refractivity contribution in [1.82, 2.24) is 10.3 Å². The van der Waals surface area contributed by atoms with Crippen molar-refractivity contribution in [2.45, 2.75) is 26.3 Å². The Labute approximate surface area is 136 Å². The molecule has 0 saturated carbocycles. The zero-order chi connectivity index (χ0) is 15.9. The Kier molecular flexibility index (Phi) is 5.72. The zero-order valence-corrected chi connectivity index (χ0v) is 13.9. The van der Waals surface area contributed by atoms with Crippen LogP contribution in [0.3, 0.4) is 0 Å². The first-order chi connectivity index (χ1) is 10.6. The first-order valence-corrected chi connectivity index (χ1v) is 7.67. The third kappa shape index (κ3) is 4.43. The third-order valence-electron chi connectivity index (χ3n) is 3.40. The number of hydrogen-bond acceptors (Lipinski definition) is 3. The number of thiocarbonyl (C=S) groups is 1. The van der Waals surface area contributed by atoms with Crippen molar-refractivity contribution in [3.05, 3.63) is 53.7 Å². The topological polar surface area (TPSA) is 46.2 Å². The number of rotatable bonds is 5. The highest BCUT2D eigenvalue weighted by Gasteiger charge is 2.10. The monoisotopic (exact) mass is 315 g/mol. The van der Waals surface area contributed by atoms with E-state index in [0.29, 0.717) is 11.0 Å². The van der Waals surface area contributed by atoms with Gasteiger partial charge in [-0.15, -0.1) is 0 Å². The molecule has 4 nitrogen and oxygen atoms in total. The van der Waals surface area contributed by atoms with E-state index in [1.54, 1.807) is 19.4 Å². The highest BCUT2D eigenvalue weighted by atomic mass is 32.1. The van der Waals surface area contributed by atoms with Crippen molar-refractivity contribution < 1.29 is 4.74 Å². The van der Waals surface area contributed by atoms with E-state index in [-0.39, 0.29) is 6.04 Å². The molecule has 0 saturated heterocycles. The van der Waals surface area contributed by atoms with E-state index in [1.807, 2.05) is 6.07 Å². The smallest absolute Gasteiger partial charge is 0.213 e. The molecular formula is C17H21N3OS. The number of nitrogens with one attached hydrogen (secondary N) is 2. The maximum absolute atomic E-state index is 5.38. The number of pyridine rings is 1. The Hall–Kier alpha value is -2.14. The normalized spacial score (nSPS) is 11.6. The fourth-order valence-electron chi connectivity index (χ4n) is 2.12. The van der Waals surface area contributed by atoms with Gasteiger partial charge < -0.3 is 15.4 Å². The Morgan fingerprint density at radius 1 is 1.23 bits per heavy atom. The van der Waals surface area contributed by atoms with E-state index >= 15 is 0 Å². The lowest BCUT2D eigenvalue weighted by atomic mass is 10.0. The van der Waals surface area contributed by atoms with Gasteiger partial charge in [0, 0.05) is 6.07 Å². The van der Waals surface area contributed by atoms with Crippen LogP contribution in [0.4, 0.5) is 5.69 Å². The summed E-state index contributed by atoms with van der Waals surface area (Å²) in [6.07, 6.45) is 2.64. The molecule has 0 bridgehead atoms. The van der Waals surface area contributed by atoms with Crippen molar-refractivity contribution >= 4 is 23.0 Å². The second-order valence-electron chi connectivity index (χ2n) is 5.06. The van der Waals surface area contributed by atoms with Crippen molar-refractivity contribution in [3.63, 3.8) is 0 Å². The standard InChI is InChI=1S/C17H21N3OS/c1-4-15(13-7-5-12(2)6-8-13)20-17(22)19-14-9-10-16(21-3)18-11-14/h5-11,15H,4H2,1-3H3,(H2,19,20,22)/t15-/m0/s1. The minimum atomic E-state index is 0.187. The summed E-state index contributed by atoms with van der Waals surface area (Å²) in [5.41, 5.74) is 3.31. The Bertz CT molecular complexity index is 611. The van der Waals surface area contributed by atoms with Gasteiger partial charge in [0.05, 0.1) is 25.0 Å². The summed E-state index contributed by atoms with van der Waals surface area (Å²) in [6, 6.07) is 12.4. The molecular weight excluding hydrogens is 294 g/mol. The van der Waals surface area contributed by atoms with Crippen LogP contribution in [-0.2, 0) is 0 Å². The maximum Gasteiger partial charge on any atom is 0.213 e. The van der Waals surface area contributed by atoms with Crippen LogP contribution in [0.5, 0.6) is 5.88 Å².